The predicted octanol–water partition coefficient (Wildman–Crippen LogP) is 4.75. The van der Waals surface area contributed by atoms with Gasteiger partial charge in [0.25, 0.3) is 5.91 Å². The molecule has 1 unspecified atom stereocenters. The zero-order chi connectivity index (χ0) is 19.3. The van der Waals surface area contributed by atoms with E-state index in [0.29, 0.717) is 5.69 Å². The first-order valence-corrected chi connectivity index (χ1v) is 9.44. The van der Waals surface area contributed by atoms with Crippen molar-refractivity contribution in [1.29, 1.82) is 0 Å². The molecule has 3 aromatic rings. The van der Waals surface area contributed by atoms with E-state index in [4.69, 9.17) is 5.10 Å². The molecule has 1 atom stereocenters. The second kappa shape index (κ2) is 6.38. The number of carbonyl (C=O) groups excluding carboxylic acids is 1. The average Bonchev–Trinajstić information content (AvgIpc) is 3.13. The second-order valence-corrected chi connectivity index (χ2v) is 7.88. The molecule has 4 heteroatoms. The van der Waals surface area contributed by atoms with Crippen molar-refractivity contribution in [1.82, 2.24) is 15.1 Å². The van der Waals surface area contributed by atoms with Gasteiger partial charge in [0, 0.05) is 5.56 Å². The molecule has 138 valence electrons. The number of fused-ring (bicyclic) bond motifs is 1. The van der Waals surface area contributed by atoms with Gasteiger partial charge in [-0.05, 0) is 55.5 Å². The van der Waals surface area contributed by atoms with Crippen molar-refractivity contribution < 1.29 is 4.79 Å². The predicted molar refractivity (Wildman–Crippen MR) is 108 cm³/mol. The van der Waals surface area contributed by atoms with E-state index in [1.54, 1.807) is 0 Å². The minimum Gasteiger partial charge on any atom is -0.340 e. The van der Waals surface area contributed by atoms with Crippen molar-refractivity contribution in [3.05, 3.63) is 81.7 Å². The summed E-state index contributed by atoms with van der Waals surface area (Å²) >= 11 is 0. The number of hydrogen-bond donors (Lipinski definition) is 1. The SMILES string of the molecule is Cc1ccc(C2NC(=O)c3nn(-c4cc(C)cc(C)c4)c(C(C)C)c32)cc1. The van der Waals surface area contributed by atoms with Crippen LogP contribution in [0.1, 0.15) is 69.8 Å². The van der Waals surface area contributed by atoms with Crippen LogP contribution < -0.4 is 5.32 Å². The lowest BCUT2D eigenvalue weighted by Crippen LogP contribution is -2.23. The first-order valence-electron chi connectivity index (χ1n) is 9.44. The lowest BCUT2D eigenvalue weighted by atomic mass is 9.94. The lowest BCUT2D eigenvalue weighted by molar-refractivity contribution is 0.0955. The van der Waals surface area contributed by atoms with Crippen molar-refractivity contribution in [2.24, 2.45) is 0 Å². The van der Waals surface area contributed by atoms with E-state index in [0.717, 1.165) is 22.5 Å². The summed E-state index contributed by atoms with van der Waals surface area (Å²) in [4.78, 5) is 12.7. The molecule has 0 fully saturated rings. The third kappa shape index (κ3) is 2.95. The Morgan fingerprint density at radius 1 is 0.963 bits per heavy atom. The Bertz CT molecular complexity index is 1010. The maximum Gasteiger partial charge on any atom is 0.272 e. The molecule has 0 aliphatic carbocycles. The van der Waals surface area contributed by atoms with E-state index in [9.17, 15) is 4.79 Å². The summed E-state index contributed by atoms with van der Waals surface area (Å²) in [6.07, 6.45) is 0. The van der Waals surface area contributed by atoms with Gasteiger partial charge < -0.3 is 5.32 Å². The molecule has 27 heavy (non-hydrogen) atoms. The summed E-state index contributed by atoms with van der Waals surface area (Å²) in [5.74, 6) is 0.142. The van der Waals surface area contributed by atoms with Crippen LogP contribution in [0.4, 0.5) is 0 Å². The Labute approximate surface area is 160 Å². The minimum absolute atomic E-state index is 0.0967. The fourth-order valence-corrected chi connectivity index (χ4v) is 4.00. The van der Waals surface area contributed by atoms with Gasteiger partial charge in [-0.15, -0.1) is 0 Å². The summed E-state index contributed by atoms with van der Waals surface area (Å²) in [5.41, 5.74) is 8.35. The number of amides is 1. The largest absolute Gasteiger partial charge is 0.340 e. The molecule has 2 heterocycles. The first-order chi connectivity index (χ1) is 12.8. The van der Waals surface area contributed by atoms with Crippen LogP contribution in [0, 0.1) is 20.8 Å². The van der Waals surface area contributed by atoms with Gasteiger partial charge >= 0.3 is 0 Å². The number of nitrogens with zero attached hydrogens (tertiary/aromatic N) is 2. The highest BCUT2D eigenvalue weighted by Gasteiger charge is 2.38. The standard InChI is InChI=1S/C23H25N3O/c1-13(2)22-19-20(17-8-6-14(3)7-9-17)24-23(27)21(19)25-26(22)18-11-15(4)10-16(5)12-18/h6-13,20H,1-5H3,(H,24,27). The third-order valence-electron chi connectivity index (χ3n) is 5.15. The summed E-state index contributed by atoms with van der Waals surface area (Å²) in [6, 6.07) is 14.6. The molecule has 1 amide bonds. The quantitative estimate of drug-likeness (QED) is 0.733. The Balaban J connectivity index is 1.93. The summed E-state index contributed by atoms with van der Waals surface area (Å²) in [5, 5.41) is 7.86. The van der Waals surface area contributed by atoms with Crippen LogP contribution in [0.25, 0.3) is 5.69 Å². The van der Waals surface area contributed by atoms with Crippen molar-refractivity contribution >= 4 is 5.91 Å². The summed E-state index contributed by atoms with van der Waals surface area (Å²) in [6.45, 7) is 10.6. The highest BCUT2D eigenvalue weighted by Crippen LogP contribution is 2.38. The minimum atomic E-state index is -0.148. The molecule has 1 aliphatic rings. The number of rotatable bonds is 3. The van der Waals surface area contributed by atoms with E-state index in [2.05, 4.69) is 82.4 Å². The molecule has 4 rings (SSSR count). The van der Waals surface area contributed by atoms with Crippen molar-refractivity contribution in [2.45, 2.75) is 46.6 Å². The highest BCUT2D eigenvalue weighted by atomic mass is 16.2. The van der Waals surface area contributed by atoms with E-state index in [1.165, 1.54) is 16.7 Å². The Hall–Kier alpha value is -2.88. The molecule has 0 bridgehead atoms. The van der Waals surface area contributed by atoms with Crippen LogP contribution in [0.15, 0.2) is 42.5 Å². The Morgan fingerprint density at radius 2 is 1.59 bits per heavy atom. The molecular formula is C23H25N3O. The lowest BCUT2D eigenvalue weighted by Gasteiger charge is -2.18. The number of aryl methyl sites for hydroxylation is 3. The fraction of sp³-hybridized carbons (Fsp3) is 0.304. The van der Waals surface area contributed by atoms with Crippen LogP contribution in [0.3, 0.4) is 0 Å². The van der Waals surface area contributed by atoms with E-state index < -0.39 is 0 Å². The van der Waals surface area contributed by atoms with E-state index >= 15 is 0 Å². The molecular weight excluding hydrogens is 334 g/mol. The van der Waals surface area contributed by atoms with Crippen LogP contribution in [-0.2, 0) is 0 Å². The highest BCUT2D eigenvalue weighted by molar-refractivity contribution is 5.98. The van der Waals surface area contributed by atoms with Crippen molar-refractivity contribution in [3.63, 3.8) is 0 Å². The number of benzene rings is 2. The fourth-order valence-electron chi connectivity index (χ4n) is 4.00. The van der Waals surface area contributed by atoms with Gasteiger partial charge in [0.05, 0.1) is 17.4 Å². The monoisotopic (exact) mass is 359 g/mol. The zero-order valence-corrected chi connectivity index (χ0v) is 16.5. The first kappa shape index (κ1) is 17.5. The van der Waals surface area contributed by atoms with E-state index in [1.807, 2.05) is 4.68 Å². The molecule has 4 nitrogen and oxygen atoms in total. The normalized spacial score (nSPS) is 15.9. The van der Waals surface area contributed by atoms with E-state index in [-0.39, 0.29) is 17.9 Å². The summed E-state index contributed by atoms with van der Waals surface area (Å²) in [7, 11) is 0. The Morgan fingerprint density at radius 3 is 2.19 bits per heavy atom. The summed E-state index contributed by atoms with van der Waals surface area (Å²) < 4.78 is 1.97. The molecule has 0 spiro atoms. The smallest absolute Gasteiger partial charge is 0.272 e. The van der Waals surface area contributed by atoms with Crippen molar-refractivity contribution in [2.75, 3.05) is 0 Å². The molecule has 0 radical (unpaired) electrons. The average molecular weight is 359 g/mol. The van der Waals surface area contributed by atoms with Gasteiger partial charge in [-0.1, -0.05) is 49.7 Å². The van der Waals surface area contributed by atoms with Crippen molar-refractivity contribution in [3.8, 4) is 5.69 Å². The number of aromatic nitrogens is 2. The molecule has 1 N–H and O–H groups in total. The van der Waals surface area contributed by atoms with Crippen LogP contribution in [0.2, 0.25) is 0 Å². The number of nitrogens with one attached hydrogen (secondary N) is 1. The van der Waals surface area contributed by atoms with Crippen LogP contribution in [-0.4, -0.2) is 15.7 Å². The van der Waals surface area contributed by atoms with Gasteiger partial charge in [0.15, 0.2) is 5.69 Å². The Kier molecular flexibility index (Phi) is 4.14. The zero-order valence-electron chi connectivity index (χ0n) is 16.5. The molecule has 0 saturated heterocycles. The number of carbonyl (C=O) groups is 1. The number of hydrogen-bond acceptors (Lipinski definition) is 2. The third-order valence-corrected chi connectivity index (χ3v) is 5.15. The van der Waals surface area contributed by atoms with Gasteiger partial charge in [0.2, 0.25) is 0 Å². The molecule has 1 aliphatic heterocycles. The second-order valence-electron chi connectivity index (χ2n) is 7.88. The van der Waals surface area contributed by atoms with Crippen LogP contribution >= 0.6 is 0 Å². The molecule has 0 saturated carbocycles. The topological polar surface area (TPSA) is 46.9 Å². The van der Waals surface area contributed by atoms with Gasteiger partial charge in [-0.25, -0.2) is 4.68 Å². The molecule has 1 aromatic heterocycles. The maximum absolute atomic E-state index is 12.7. The van der Waals surface area contributed by atoms with Gasteiger partial charge in [-0.3, -0.25) is 4.79 Å². The molecule has 2 aromatic carbocycles. The van der Waals surface area contributed by atoms with Crippen LogP contribution in [0.5, 0.6) is 0 Å². The van der Waals surface area contributed by atoms with Gasteiger partial charge in [-0.2, -0.15) is 5.10 Å². The maximum atomic E-state index is 12.7. The van der Waals surface area contributed by atoms with Gasteiger partial charge in [0.1, 0.15) is 0 Å².